The van der Waals surface area contributed by atoms with E-state index in [9.17, 15) is 9.90 Å². The quantitative estimate of drug-likeness (QED) is 0.205. The molecule has 2 aliphatic rings. The Balaban J connectivity index is 1.57. The Morgan fingerprint density at radius 2 is 1.63 bits per heavy atom. The van der Waals surface area contributed by atoms with Crippen LogP contribution in [0.1, 0.15) is 150 Å². The molecule has 0 saturated carbocycles. The Labute approximate surface area is 228 Å². The monoisotopic (exact) mass is 521 g/mol. The van der Waals surface area contributed by atoms with Gasteiger partial charge < -0.3 is 19.2 Å². The number of furan rings is 1. The molecule has 5 heteroatoms. The standard InChI is InChI=1S/C33H47NO4/c1-3-5-7-9-11-13-16-24-18-15-19-26-30(24)31-25(17-14-12-10-8-6-4-2)20-21-27(32(31)34-26)37-29-23-22-28(38-29)33(35)36/h19-25,34H,3-18H2,1-2H3,(H,35,36). The van der Waals surface area contributed by atoms with Gasteiger partial charge in [-0.05, 0) is 54.9 Å². The van der Waals surface area contributed by atoms with Gasteiger partial charge in [-0.2, -0.15) is 0 Å². The van der Waals surface area contributed by atoms with Crippen LogP contribution in [0.15, 0.2) is 28.7 Å². The molecular formula is C33H47NO4. The Kier molecular flexibility index (Phi) is 10.8. The zero-order valence-electron chi connectivity index (χ0n) is 23.5. The van der Waals surface area contributed by atoms with Crippen LogP contribution in [0.25, 0.3) is 11.8 Å². The van der Waals surface area contributed by atoms with Crippen molar-refractivity contribution in [3.8, 4) is 5.95 Å². The van der Waals surface area contributed by atoms with E-state index in [0.717, 1.165) is 18.2 Å². The van der Waals surface area contributed by atoms with Crippen molar-refractivity contribution in [2.24, 2.45) is 0 Å². The third-order valence-electron chi connectivity index (χ3n) is 8.26. The molecule has 2 aliphatic carbocycles. The smallest absolute Gasteiger partial charge is 0.371 e. The topological polar surface area (TPSA) is 75.5 Å². The number of carboxylic acids is 1. The fourth-order valence-corrected chi connectivity index (χ4v) is 6.21. The van der Waals surface area contributed by atoms with E-state index in [1.807, 2.05) is 0 Å². The highest BCUT2D eigenvalue weighted by molar-refractivity contribution is 5.84. The van der Waals surface area contributed by atoms with Crippen LogP contribution in [0.3, 0.4) is 0 Å². The van der Waals surface area contributed by atoms with E-state index in [-0.39, 0.29) is 11.7 Å². The van der Waals surface area contributed by atoms with Crippen molar-refractivity contribution in [1.82, 2.24) is 4.98 Å². The number of nitrogens with one attached hydrogen (secondary N) is 1. The molecule has 2 atom stereocenters. The third kappa shape index (κ3) is 7.24. The van der Waals surface area contributed by atoms with Gasteiger partial charge in [0.15, 0.2) is 5.76 Å². The summed E-state index contributed by atoms with van der Waals surface area (Å²) in [4.78, 5) is 15.0. The summed E-state index contributed by atoms with van der Waals surface area (Å²) in [6, 6.07) is 3.03. The number of unbranched alkanes of at least 4 members (excludes halogenated alkanes) is 10. The molecule has 0 fully saturated rings. The van der Waals surface area contributed by atoms with E-state index in [0.29, 0.717) is 17.6 Å². The third-order valence-corrected chi connectivity index (χ3v) is 8.26. The van der Waals surface area contributed by atoms with E-state index in [1.54, 1.807) is 6.07 Å². The van der Waals surface area contributed by atoms with Gasteiger partial charge in [-0.3, -0.25) is 0 Å². The molecular weight excluding hydrogens is 474 g/mol. The second-order valence-corrected chi connectivity index (χ2v) is 11.2. The van der Waals surface area contributed by atoms with Crippen LogP contribution in [-0.4, -0.2) is 16.1 Å². The van der Waals surface area contributed by atoms with Gasteiger partial charge in [0.05, 0.1) is 5.35 Å². The van der Waals surface area contributed by atoms with Crippen molar-refractivity contribution in [3.63, 3.8) is 0 Å². The molecule has 4 rings (SSSR count). The number of H-pyrrole nitrogens is 1. The molecule has 0 spiro atoms. The lowest BCUT2D eigenvalue weighted by Gasteiger charge is -2.25. The first-order chi connectivity index (χ1) is 18.6. The molecule has 0 radical (unpaired) electrons. The number of rotatable bonds is 17. The van der Waals surface area contributed by atoms with E-state index in [1.165, 1.54) is 112 Å². The lowest BCUT2D eigenvalue weighted by Crippen LogP contribution is -2.22. The fraction of sp³-hybridized carbons (Fsp3) is 0.606. The second kappa shape index (κ2) is 14.5. The summed E-state index contributed by atoms with van der Waals surface area (Å²) >= 11 is 0. The van der Waals surface area contributed by atoms with Gasteiger partial charge in [0.25, 0.3) is 5.95 Å². The molecule has 2 N–H and O–H groups in total. The maximum atomic E-state index is 11.3. The zero-order valence-corrected chi connectivity index (χ0v) is 23.5. The van der Waals surface area contributed by atoms with Gasteiger partial charge in [0.2, 0.25) is 5.76 Å². The molecule has 2 heterocycles. The number of ether oxygens (including phenoxy) is 1. The van der Waals surface area contributed by atoms with Crippen molar-refractivity contribution in [2.45, 2.75) is 128 Å². The zero-order chi connectivity index (χ0) is 26.7. The fourth-order valence-electron chi connectivity index (χ4n) is 6.21. The summed E-state index contributed by atoms with van der Waals surface area (Å²) in [5.41, 5.74) is 2.91. The van der Waals surface area contributed by atoms with Gasteiger partial charge in [-0.25, -0.2) is 4.79 Å². The highest BCUT2D eigenvalue weighted by Gasteiger charge is 2.29. The largest absolute Gasteiger partial charge is 0.475 e. The molecule has 2 aromatic rings. The second-order valence-electron chi connectivity index (χ2n) is 11.2. The van der Waals surface area contributed by atoms with Crippen LogP contribution in [0.5, 0.6) is 5.95 Å². The average Bonchev–Trinajstić information content (AvgIpc) is 3.55. The van der Waals surface area contributed by atoms with Crippen molar-refractivity contribution in [3.05, 3.63) is 51.9 Å². The minimum atomic E-state index is -1.09. The predicted octanol–water partition coefficient (Wildman–Crippen LogP) is 8.31. The molecule has 5 nitrogen and oxygen atoms in total. The van der Waals surface area contributed by atoms with Crippen molar-refractivity contribution in [1.29, 1.82) is 0 Å². The number of aromatic amines is 1. The van der Waals surface area contributed by atoms with Crippen molar-refractivity contribution < 1.29 is 19.1 Å². The Morgan fingerprint density at radius 1 is 0.947 bits per heavy atom. The lowest BCUT2D eigenvalue weighted by molar-refractivity contribution is 0.0657. The predicted molar refractivity (Wildman–Crippen MR) is 154 cm³/mol. The van der Waals surface area contributed by atoms with Gasteiger partial charge in [-0.15, -0.1) is 0 Å². The summed E-state index contributed by atoms with van der Waals surface area (Å²) in [5, 5.41) is 11.6. The Morgan fingerprint density at radius 3 is 2.32 bits per heavy atom. The lowest BCUT2D eigenvalue weighted by atomic mass is 9.79. The molecule has 0 bridgehead atoms. The number of aromatic carboxylic acids is 1. The number of hydrogen-bond acceptors (Lipinski definition) is 3. The minimum absolute atomic E-state index is 0.111. The first kappa shape index (κ1) is 28.3. The maximum absolute atomic E-state index is 11.3. The Hall–Kier alpha value is -2.69. The molecule has 208 valence electrons. The van der Waals surface area contributed by atoms with Crippen LogP contribution < -0.4 is 15.4 Å². The summed E-state index contributed by atoms with van der Waals surface area (Å²) in [7, 11) is 0. The Bertz CT molecular complexity index is 1180. The first-order valence-corrected chi connectivity index (χ1v) is 15.3. The average molecular weight is 522 g/mol. The van der Waals surface area contributed by atoms with Crippen LogP contribution in [0, 0.1) is 0 Å². The highest BCUT2D eigenvalue weighted by Crippen LogP contribution is 2.36. The van der Waals surface area contributed by atoms with E-state index >= 15 is 0 Å². The van der Waals surface area contributed by atoms with E-state index < -0.39 is 5.97 Å². The molecule has 2 aromatic heterocycles. The number of carboxylic acid groups (broad SMARTS) is 1. The number of hydrogen-bond donors (Lipinski definition) is 2. The summed E-state index contributed by atoms with van der Waals surface area (Å²) in [5.74, 6) is 0.691. The van der Waals surface area contributed by atoms with E-state index in [4.69, 9.17) is 9.15 Å². The summed E-state index contributed by atoms with van der Waals surface area (Å²) in [6.45, 7) is 4.54. The highest BCUT2D eigenvalue weighted by atomic mass is 16.6. The summed E-state index contributed by atoms with van der Waals surface area (Å²) < 4.78 is 11.6. The van der Waals surface area contributed by atoms with Crippen LogP contribution in [0.2, 0.25) is 0 Å². The van der Waals surface area contributed by atoms with Gasteiger partial charge in [0.1, 0.15) is 0 Å². The minimum Gasteiger partial charge on any atom is -0.475 e. The number of fused-ring (bicyclic) bond motifs is 3. The normalized spacial score (nSPS) is 18.2. The van der Waals surface area contributed by atoms with Gasteiger partial charge >= 0.3 is 5.97 Å². The van der Waals surface area contributed by atoms with Crippen LogP contribution >= 0.6 is 0 Å². The van der Waals surface area contributed by atoms with Crippen LogP contribution in [-0.2, 0) is 0 Å². The maximum Gasteiger partial charge on any atom is 0.371 e. The number of aromatic nitrogens is 1. The van der Waals surface area contributed by atoms with Gasteiger partial charge in [0, 0.05) is 17.3 Å². The first-order valence-electron chi connectivity index (χ1n) is 15.3. The SMILES string of the molecule is CCCCCCCCC1C=CC(Oc2ccc(C(=O)O)o2)=c2[nH]c3c(c21)C(CCCCCCCC)CCC=3. The van der Waals surface area contributed by atoms with Crippen molar-refractivity contribution in [2.75, 3.05) is 0 Å². The molecule has 0 aliphatic heterocycles. The van der Waals surface area contributed by atoms with Crippen LogP contribution in [0.4, 0.5) is 0 Å². The van der Waals surface area contributed by atoms with E-state index in [2.05, 4.69) is 37.1 Å². The van der Waals surface area contributed by atoms with Crippen molar-refractivity contribution >= 4 is 17.8 Å². The number of carbonyl (C=O) groups is 1. The summed E-state index contributed by atoms with van der Waals surface area (Å²) in [6.07, 6.45) is 27.2. The van der Waals surface area contributed by atoms with Gasteiger partial charge in [-0.1, -0.05) is 103 Å². The molecule has 0 saturated heterocycles. The molecule has 0 amide bonds. The molecule has 2 unspecified atom stereocenters. The number of allylic oxidation sites excluding steroid dienone is 1. The molecule has 38 heavy (non-hydrogen) atoms. The molecule has 0 aromatic carbocycles.